The van der Waals surface area contributed by atoms with E-state index in [1.807, 2.05) is 24.3 Å². The van der Waals surface area contributed by atoms with Gasteiger partial charge in [-0.05, 0) is 83.9 Å². The third-order valence-corrected chi connectivity index (χ3v) is 7.17. The van der Waals surface area contributed by atoms with Gasteiger partial charge in [0.1, 0.15) is 0 Å². The lowest BCUT2D eigenvalue weighted by molar-refractivity contribution is 1.13. The summed E-state index contributed by atoms with van der Waals surface area (Å²) in [6.07, 6.45) is 0. The lowest BCUT2D eigenvalue weighted by atomic mass is 10.1. The van der Waals surface area contributed by atoms with Crippen molar-refractivity contribution < 1.29 is 0 Å². The second-order valence-electron chi connectivity index (χ2n) is 9.61. The van der Waals surface area contributed by atoms with Crippen molar-refractivity contribution in [1.29, 1.82) is 0 Å². The Morgan fingerprint density at radius 2 is 0.763 bits per heavy atom. The second-order valence-corrected chi connectivity index (χ2v) is 9.61. The number of nitrogens with zero attached hydrogens (tertiary/aromatic N) is 2. The summed E-state index contributed by atoms with van der Waals surface area (Å²) in [4.78, 5) is 0. The van der Waals surface area contributed by atoms with Crippen LogP contribution >= 0.6 is 0 Å². The van der Waals surface area contributed by atoms with E-state index in [1.54, 1.807) is 0 Å². The highest BCUT2D eigenvalue weighted by atomic mass is 15.0. The number of anilines is 2. The number of fused-ring (bicyclic) bond motifs is 2. The molecular weight excluding hydrogens is 464 g/mol. The maximum atomic E-state index is 6.01. The molecule has 0 saturated carbocycles. The summed E-state index contributed by atoms with van der Waals surface area (Å²) in [5, 5.41) is 2.35. The first-order valence-corrected chi connectivity index (χ1v) is 12.7. The van der Waals surface area contributed by atoms with E-state index in [-0.39, 0.29) is 0 Å². The van der Waals surface area contributed by atoms with Gasteiger partial charge in [0.25, 0.3) is 0 Å². The van der Waals surface area contributed by atoms with Crippen LogP contribution in [0.3, 0.4) is 0 Å². The van der Waals surface area contributed by atoms with E-state index in [0.717, 1.165) is 56.3 Å². The van der Waals surface area contributed by atoms with E-state index in [0.29, 0.717) is 0 Å². The summed E-state index contributed by atoms with van der Waals surface area (Å²) in [7, 11) is 0. The Morgan fingerprint density at radius 3 is 1.13 bits per heavy atom. The molecule has 0 atom stereocenters. The molecule has 0 spiro atoms. The summed E-state index contributed by atoms with van der Waals surface area (Å²) < 4.78 is 4.67. The maximum Gasteiger partial charge on any atom is 0.0542 e. The fourth-order valence-electron chi connectivity index (χ4n) is 5.35. The van der Waals surface area contributed by atoms with Crippen LogP contribution < -0.4 is 11.5 Å². The van der Waals surface area contributed by atoms with Crippen molar-refractivity contribution in [2.45, 2.75) is 0 Å². The third kappa shape index (κ3) is 3.62. The van der Waals surface area contributed by atoms with Crippen LogP contribution in [0.5, 0.6) is 0 Å². The van der Waals surface area contributed by atoms with E-state index >= 15 is 0 Å². The third-order valence-electron chi connectivity index (χ3n) is 7.17. The molecule has 4 heteroatoms. The van der Waals surface area contributed by atoms with Crippen molar-refractivity contribution in [1.82, 2.24) is 9.13 Å². The largest absolute Gasteiger partial charge is 0.399 e. The molecule has 2 aromatic heterocycles. The monoisotopic (exact) mass is 490 g/mol. The Bertz CT molecular complexity index is 1750. The summed E-state index contributed by atoms with van der Waals surface area (Å²) in [6, 6.07) is 46.4. The number of aromatic nitrogens is 2. The normalized spacial score (nSPS) is 11.4. The van der Waals surface area contributed by atoms with Crippen LogP contribution in [0.2, 0.25) is 0 Å². The Kier molecular flexibility index (Phi) is 5.05. The van der Waals surface area contributed by atoms with Crippen molar-refractivity contribution in [2.24, 2.45) is 0 Å². The van der Waals surface area contributed by atoms with E-state index in [9.17, 15) is 0 Å². The zero-order valence-electron chi connectivity index (χ0n) is 20.8. The van der Waals surface area contributed by atoms with Crippen LogP contribution in [0, 0.1) is 0 Å². The molecule has 38 heavy (non-hydrogen) atoms. The highest BCUT2D eigenvalue weighted by Crippen LogP contribution is 2.38. The van der Waals surface area contributed by atoms with Gasteiger partial charge in [-0.3, -0.25) is 0 Å². The number of para-hydroxylation sites is 2. The molecule has 182 valence electrons. The van der Waals surface area contributed by atoms with Crippen LogP contribution in [0.15, 0.2) is 133 Å². The predicted octanol–water partition coefficient (Wildman–Crippen LogP) is 8.07. The molecule has 0 aliphatic rings. The number of hydrogen-bond acceptors (Lipinski definition) is 2. The number of nitrogen functional groups attached to an aromatic ring is 2. The lowest BCUT2D eigenvalue weighted by Gasteiger charge is -2.12. The Balaban J connectivity index is 1.55. The van der Waals surface area contributed by atoms with Crippen molar-refractivity contribution in [3.05, 3.63) is 133 Å². The molecule has 4 N–H and O–H groups in total. The maximum absolute atomic E-state index is 6.01. The van der Waals surface area contributed by atoms with Gasteiger partial charge < -0.3 is 20.6 Å². The van der Waals surface area contributed by atoms with Gasteiger partial charge >= 0.3 is 0 Å². The minimum absolute atomic E-state index is 0.758. The molecule has 0 saturated heterocycles. The number of benzene rings is 5. The molecule has 0 aliphatic carbocycles. The van der Waals surface area contributed by atoms with Gasteiger partial charge in [-0.2, -0.15) is 0 Å². The minimum atomic E-state index is 0.758. The molecule has 7 aromatic rings. The van der Waals surface area contributed by atoms with Crippen LogP contribution in [0.4, 0.5) is 11.4 Å². The smallest absolute Gasteiger partial charge is 0.0542 e. The molecule has 5 aromatic carbocycles. The standard InChI is InChI=1S/C34H26N4/c35-27-15-11-23(12-16-27)31-19-25-22-34-26(21-33(25)37(31)29-7-3-1-4-8-29)20-32(24-13-17-28(36)18-14-24)38(34)30-9-5-2-6-10-30/h1-22H,35-36H2. The van der Waals surface area contributed by atoms with Crippen molar-refractivity contribution in [2.75, 3.05) is 11.5 Å². The molecule has 0 unspecified atom stereocenters. The summed E-state index contributed by atoms with van der Waals surface area (Å²) >= 11 is 0. The minimum Gasteiger partial charge on any atom is -0.399 e. The molecule has 7 rings (SSSR count). The Morgan fingerprint density at radius 1 is 0.395 bits per heavy atom. The van der Waals surface area contributed by atoms with E-state index in [1.165, 1.54) is 10.8 Å². The molecule has 0 radical (unpaired) electrons. The van der Waals surface area contributed by atoms with Gasteiger partial charge in [0, 0.05) is 33.5 Å². The first kappa shape index (κ1) is 22.0. The van der Waals surface area contributed by atoms with Gasteiger partial charge in [0.05, 0.1) is 22.4 Å². The van der Waals surface area contributed by atoms with Crippen LogP contribution in [0.1, 0.15) is 0 Å². The first-order valence-electron chi connectivity index (χ1n) is 12.7. The van der Waals surface area contributed by atoms with Crippen molar-refractivity contribution in [3.63, 3.8) is 0 Å². The highest BCUT2D eigenvalue weighted by molar-refractivity contribution is 6.02. The quantitative estimate of drug-likeness (QED) is 0.245. The Labute approximate surface area is 221 Å². The summed E-state index contributed by atoms with van der Waals surface area (Å²) in [6.45, 7) is 0. The van der Waals surface area contributed by atoms with Crippen LogP contribution in [-0.4, -0.2) is 9.13 Å². The van der Waals surface area contributed by atoms with Crippen LogP contribution in [-0.2, 0) is 0 Å². The fourth-order valence-corrected chi connectivity index (χ4v) is 5.35. The highest BCUT2D eigenvalue weighted by Gasteiger charge is 2.18. The van der Waals surface area contributed by atoms with Gasteiger partial charge in [0.2, 0.25) is 0 Å². The first-order chi connectivity index (χ1) is 18.7. The van der Waals surface area contributed by atoms with Gasteiger partial charge in [-0.1, -0.05) is 60.7 Å². The number of hydrogen-bond donors (Lipinski definition) is 2. The molecular formula is C34H26N4. The molecule has 0 fully saturated rings. The average Bonchev–Trinajstić information content (AvgIpc) is 3.51. The van der Waals surface area contributed by atoms with E-state index in [2.05, 4.69) is 118 Å². The lowest BCUT2D eigenvalue weighted by Crippen LogP contribution is -1.97. The van der Waals surface area contributed by atoms with Crippen molar-refractivity contribution >= 4 is 33.2 Å². The molecule has 4 nitrogen and oxygen atoms in total. The Hall–Kier alpha value is -5.22. The predicted molar refractivity (Wildman–Crippen MR) is 160 cm³/mol. The SMILES string of the molecule is Nc1ccc(-c2cc3cc4c(cc(-c5ccc(N)cc5)n4-c4ccccc4)cc3n2-c2ccccc2)cc1. The van der Waals surface area contributed by atoms with Crippen molar-refractivity contribution in [3.8, 4) is 33.9 Å². The summed E-state index contributed by atoms with van der Waals surface area (Å²) in [5.74, 6) is 0. The zero-order valence-corrected chi connectivity index (χ0v) is 20.8. The number of nitrogens with two attached hydrogens (primary N) is 2. The molecule has 0 amide bonds. The van der Waals surface area contributed by atoms with Crippen LogP contribution in [0.25, 0.3) is 55.7 Å². The molecule has 2 heterocycles. The topological polar surface area (TPSA) is 61.9 Å². The van der Waals surface area contributed by atoms with Gasteiger partial charge in [0.15, 0.2) is 0 Å². The van der Waals surface area contributed by atoms with E-state index < -0.39 is 0 Å². The van der Waals surface area contributed by atoms with Gasteiger partial charge in [-0.25, -0.2) is 0 Å². The number of rotatable bonds is 4. The zero-order chi connectivity index (χ0) is 25.6. The van der Waals surface area contributed by atoms with Gasteiger partial charge in [-0.15, -0.1) is 0 Å². The average molecular weight is 491 g/mol. The molecule has 0 aliphatic heterocycles. The summed E-state index contributed by atoms with van der Waals surface area (Å²) in [5.41, 5.74) is 22.6. The second kappa shape index (κ2) is 8.71. The molecule has 0 bridgehead atoms. The van der Waals surface area contributed by atoms with E-state index in [4.69, 9.17) is 11.5 Å². The fraction of sp³-hybridized carbons (Fsp3) is 0.